The first-order chi connectivity index (χ1) is 12.7. The summed E-state index contributed by atoms with van der Waals surface area (Å²) in [5, 5.41) is 0. The predicted octanol–water partition coefficient (Wildman–Crippen LogP) is 4.04. The molecule has 0 radical (unpaired) electrons. The number of rotatable bonds is 4. The summed E-state index contributed by atoms with van der Waals surface area (Å²) in [6.07, 6.45) is 1.70. The van der Waals surface area contributed by atoms with Crippen LogP contribution in [0.2, 0.25) is 0 Å². The van der Waals surface area contributed by atoms with Gasteiger partial charge >= 0.3 is 0 Å². The van der Waals surface area contributed by atoms with Crippen LogP contribution in [0.25, 0.3) is 0 Å². The maximum Gasteiger partial charge on any atom is 0.262 e. The maximum absolute atomic E-state index is 12.8. The number of sulfonamides is 1. The summed E-state index contributed by atoms with van der Waals surface area (Å²) < 4.78 is 28.3. The van der Waals surface area contributed by atoms with E-state index in [4.69, 9.17) is 0 Å². The molecule has 0 saturated heterocycles. The number of benzene rings is 2. The van der Waals surface area contributed by atoms with Gasteiger partial charge in [-0.1, -0.05) is 31.5 Å². The van der Waals surface area contributed by atoms with Crippen LogP contribution in [-0.4, -0.2) is 20.9 Å². The molecular formula is C21H26N2O3S. The lowest BCUT2D eigenvalue weighted by Gasteiger charge is -2.31. The summed E-state index contributed by atoms with van der Waals surface area (Å²) >= 11 is 0. The molecule has 2 aromatic rings. The molecule has 0 aliphatic carbocycles. The third kappa shape index (κ3) is 4.00. The van der Waals surface area contributed by atoms with Crippen molar-refractivity contribution in [2.45, 2.75) is 45.4 Å². The average molecular weight is 387 g/mol. The van der Waals surface area contributed by atoms with Gasteiger partial charge in [0.2, 0.25) is 5.91 Å². The average Bonchev–Trinajstić information content (AvgIpc) is 2.59. The number of nitrogens with one attached hydrogen (secondary N) is 1. The Bertz CT molecular complexity index is 981. The van der Waals surface area contributed by atoms with Gasteiger partial charge in [-0.05, 0) is 62.1 Å². The molecule has 0 spiro atoms. The van der Waals surface area contributed by atoms with Gasteiger partial charge in [-0.2, -0.15) is 0 Å². The lowest BCUT2D eigenvalue weighted by Crippen LogP contribution is -2.38. The monoisotopic (exact) mass is 386 g/mol. The molecule has 1 N–H and O–H groups in total. The van der Waals surface area contributed by atoms with E-state index in [1.807, 2.05) is 43.9 Å². The number of hydrogen-bond donors (Lipinski definition) is 1. The first-order valence-corrected chi connectivity index (χ1v) is 10.7. The van der Waals surface area contributed by atoms with E-state index in [1.54, 1.807) is 25.1 Å². The van der Waals surface area contributed by atoms with Gasteiger partial charge in [0, 0.05) is 23.8 Å². The fourth-order valence-corrected chi connectivity index (χ4v) is 4.79. The van der Waals surface area contributed by atoms with E-state index < -0.39 is 10.0 Å². The highest BCUT2D eigenvalue weighted by Gasteiger charge is 2.25. The van der Waals surface area contributed by atoms with Gasteiger partial charge in [-0.25, -0.2) is 8.42 Å². The smallest absolute Gasteiger partial charge is 0.262 e. The minimum absolute atomic E-state index is 0.0707. The molecule has 0 saturated carbocycles. The number of anilines is 2. The zero-order chi connectivity index (χ0) is 19.8. The van der Waals surface area contributed by atoms with Crippen molar-refractivity contribution in [1.82, 2.24) is 0 Å². The van der Waals surface area contributed by atoms with E-state index in [0.29, 0.717) is 17.8 Å². The fraction of sp³-hybridized carbons (Fsp3) is 0.381. The van der Waals surface area contributed by atoms with Crippen LogP contribution < -0.4 is 9.62 Å². The molecule has 1 aliphatic rings. The standard InChI is InChI=1S/C21H26N2O3S/c1-14(2)21(24)23-11-5-6-17-13-18(8-9-19(17)23)22-27(25,26)20-10-7-15(3)12-16(20)4/h7-10,12-14,22H,5-6,11H2,1-4H3. The molecule has 5 nitrogen and oxygen atoms in total. The Morgan fingerprint density at radius 1 is 1.11 bits per heavy atom. The van der Waals surface area contributed by atoms with Crippen LogP contribution >= 0.6 is 0 Å². The highest BCUT2D eigenvalue weighted by atomic mass is 32.2. The lowest BCUT2D eigenvalue weighted by molar-refractivity contribution is -0.121. The van der Waals surface area contributed by atoms with Crippen LogP contribution in [0.1, 0.15) is 37.0 Å². The molecule has 6 heteroatoms. The van der Waals surface area contributed by atoms with Gasteiger partial charge in [-0.15, -0.1) is 0 Å². The van der Waals surface area contributed by atoms with Gasteiger partial charge in [0.05, 0.1) is 4.90 Å². The molecule has 3 rings (SSSR count). The van der Waals surface area contributed by atoms with Crippen LogP contribution in [0.5, 0.6) is 0 Å². The van der Waals surface area contributed by atoms with Crippen molar-refractivity contribution in [3.8, 4) is 0 Å². The first-order valence-electron chi connectivity index (χ1n) is 9.23. The van der Waals surface area contributed by atoms with Crippen LogP contribution in [0.3, 0.4) is 0 Å². The molecule has 0 bridgehead atoms. The van der Waals surface area contributed by atoms with Crippen molar-refractivity contribution in [2.24, 2.45) is 5.92 Å². The number of carbonyl (C=O) groups is 1. The molecule has 27 heavy (non-hydrogen) atoms. The molecule has 144 valence electrons. The Morgan fingerprint density at radius 2 is 1.85 bits per heavy atom. The second-order valence-electron chi connectivity index (χ2n) is 7.47. The Labute approximate surface area is 161 Å². The van der Waals surface area contributed by atoms with Gasteiger partial charge in [0.15, 0.2) is 0 Å². The second kappa shape index (κ2) is 7.35. The zero-order valence-electron chi connectivity index (χ0n) is 16.2. The summed E-state index contributed by atoms with van der Waals surface area (Å²) in [6, 6.07) is 10.7. The quantitative estimate of drug-likeness (QED) is 0.862. The molecule has 1 heterocycles. The number of nitrogens with zero attached hydrogens (tertiary/aromatic N) is 1. The van der Waals surface area contributed by atoms with E-state index in [1.165, 1.54) is 0 Å². The number of amides is 1. The lowest BCUT2D eigenvalue weighted by atomic mass is 9.99. The molecule has 0 unspecified atom stereocenters. The molecule has 0 atom stereocenters. The van der Waals surface area contributed by atoms with Gasteiger partial charge < -0.3 is 4.90 Å². The molecule has 1 aliphatic heterocycles. The highest BCUT2D eigenvalue weighted by molar-refractivity contribution is 7.92. The Hall–Kier alpha value is -2.34. The molecule has 0 fully saturated rings. The minimum atomic E-state index is -3.66. The Kier molecular flexibility index (Phi) is 5.29. The van der Waals surface area contributed by atoms with E-state index in [2.05, 4.69) is 4.72 Å². The van der Waals surface area contributed by atoms with Crippen molar-refractivity contribution in [3.63, 3.8) is 0 Å². The summed E-state index contributed by atoms with van der Waals surface area (Å²) in [6.45, 7) is 8.22. The zero-order valence-corrected chi connectivity index (χ0v) is 17.1. The Morgan fingerprint density at radius 3 is 2.52 bits per heavy atom. The van der Waals surface area contributed by atoms with Gasteiger partial charge in [0.25, 0.3) is 10.0 Å². The van der Waals surface area contributed by atoms with Crippen molar-refractivity contribution < 1.29 is 13.2 Å². The largest absolute Gasteiger partial charge is 0.312 e. The van der Waals surface area contributed by atoms with Crippen LogP contribution in [0.4, 0.5) is 11.4 Å². The van der Waals surface area contributed by atoms with Crippen molar-refractivity contribution >= 4 is 27.3 Å². The number of aryl methyl sites for hydroxylation is 3. The molecule has 1 amide bonds. The third-order valence-corrected chi connectivity index (χ3v) is 6.37. The fourth-order valence-electron chi connectivity index (χ4n) is 3.51. The van der Waals surface area contributed by atoms with E-state index in [-0.39, 0.29) is 16.7 Å². The summed E-state index contributed by atoms with van der Waals surface area (Å²) in [4.78, 5) is 14.5. The third-order valence-electron chi connectivity index (χ3n) is 4.83. The number of hydrogen-bond acceptors (Lipinski definition) is 3. The maximum atomic E-state index is 12.8. The van der Waals surface area contributed by atoms with Crippen molar-refractivity contribution in [3.05, 3.63) is 53.1 Å². The highest BCUT2D eigenvalue weighted by Crippen LogP contribution is 2.31. The molecule has 2 aromatic carbocycles. The predicted molar refractivity (Wildman–Crippen MR) is 109 cm³/mol. The molecular weight excluding hydrogens is 360 g/mol. The molecule has 0 aromatic heterocycles. The minimum Gasteiger partial charge on any atom is -0.312 e. The van der Waals surface area contributed by atoms with E-state index in [9.17, 15) is 13.2 Å². The summed E-state index contributed by atoms with van der Waals surface area (Å²) in [5.74, 6) is 0.0261. The second-order valence-corrected chi connectivity index (χ2v) is 9.12. The summed E-state index contributed by atoms with van der Waals surface area (Å²) in [5.41, 5.74) is 4.14. The van der Waals surface area contributed by atoms with Gasteiger partial charge in [0.1, 0.15) is 0 Å². The van der Waals surface area contributed by atoms with Crippen molar-refractivity contribution in [1.29, 1.82) is 0 Å². The number of carbonyl (C=O) groups excluding carboxylic acids is 1. The van der Waals surface area contributed by atoms with Crippen LogP contribution in [0.15, 0.2) is 41.3 Å². The SMILES string of the molecule is Cc1ccc(S(=O)(=O)Nc2ccc3c(c2)CCCN3C(=O)C(C)C)c(C)c1. The normalized spacial score (nSPS) is 14.2. The van der Waals surface area contributed by atoms with E-state index in [0.717, 1.165) is 29.7 Å². The first kappa shape index (κ1) is 19.4. The van der Waals surface area contributed by atoms with Gasteiger partial charge in [-0.3, -0.25) is 9.52 Å². The van der Waals surface area contributed by atoms with Crippen LogP contribution in [-0.2, 0) is 21.2 Å². The van der Waals surface area contributed by atoms with Crippen molar-refractivity contribution in [2.75, 3.05) is 16.2 Å². The van der Waals surface area contributed by atoms with E-state index >= 15 is 0 Å². The van der Waals surface area contributed by atoms with Crippen LogP contribution in [0, 0.1) is 19.8 Å². The Balaban J connectivity index is 1.90. The topological polar surface area (TPSA) is 66.5 Å². The summed E-state index contributed by atoms with van der Waals surface area (Å²) in [7, 11) is -3.66. The number of fused-ring (bicyclic) bond motifs is 1.